The largest absolute Gasteiger partial charge is 0.452 e. The van der Waals surface area contributed by atoms with Gasteiger partial charge in [0.25, 0.3) is 10.0 Å². The smallest absolute Gasteiger partial charge is 0.274 e. The van der Waals surface area contributed by atoms with Gasteiger partial charge in [0.2, 0.25) is 5.09 Å². The number of benzene rings is 1. The van der Waals surface area contributed by atoms with E-state index in [9.17, 15) is 12.8 Å². The van der Waals surface area contributed by atoms with Crippen molar-refractivity contribution in [1.29, 1.82) is 0 Å². The summed E-state index contributed by atoms with van der Waals surface area (Å²) in [5.74, 6) is -1.74. The van der Waals surface area contributed by atoms with E-state index in [1.54, 1.807) is 12.1 Å². The van der Waals surface area contributed by atoms with E-state index in [0.29, 0.717) is 22.4 Å². The van der Waals surface area contributed by atoms with Crippen molar-refractivity contribution < 1.29 is 21.6 Å². The number of pyridine rings is 1. The second-order valence-corrected chi connectivity index (χ2v) is 8.70. The SMILES string of the molecule is O=S(=O)(NCc1ccc(F)c(Nc2ncccc2-c2ncnc3nc[nH]c23)c1F)c1ccco1. The molecule has 0 saturated carbocycles. The molecule has 34 heavy (non-hydrogen) atoms. The van der Waals surface area contributed by atoms with Crippen molar-refractivity contribution in [3.05, 3.63) is 78.7 Å². The number of aromatic nitrogens is 5. The summed E-state index contributed by atoms with van der Waals surface area (Å²) >= 11 is 0. The van der Waals surface area contributed by atoms with Crippen LogP contribution in [0.25, 0.3) is 22.4 Å². The van der Waals surface area contributed by atoms with Gasteiger partial charge in [0.05, 0.1) is 12.6 Å². The number of nitrogens with one attached hydrogen (secondary N) is 3. The first-order valence-corrected chi connectivity index (χ1v) is 11.3. The summed E-state index contributed by atoms with van der Waals surface area (Å²) in [6.45, 7) is -0.431. The zero-order chi connectivity index (χ0) is 23.7. The fourth-order valence-corrected chi connectivity index (χ4v) is 4.22. The molecule has 13 heteroatoms. The van der Waals surface area contributed by atoms with Crippen LogP contribution < -0.4 is 10.0 Å². The second kappa shape index (κ2) is 8.61. The Hall–Kier alpha value is -4.23. The van der Waals surface area contributed by atoms with Gasteiger partial charge in [0, 0.05) is 23.9 Å². The van der Waals surface area contributed by atoms with Gasteiger partial charge < -0.3 is 14.7 Å². The number of H-pyrrole nitrogens is 1. The number of fused-ring (bicyclic) bond motifs is 1. The summed E-state index contributed by atoms with van der Waals surface area (Å²) in [5, 5.41) is 2.36. The van der Waals surface area contributed by atoms with E-state index < -0.39 is 33.9 Å². The third-order valence-electron chi connectivity index (χ3n) is 4.91. The number of sulfonamides is 1. The lowest BCUT2D eigenvalue weighted by Crippen LogP contribution is -2.23. The average molecular weight is 483 g/mol. The maximum atomic E-state index is 15.2. The predicted molar refractivity (Wildman–Crippen MR) is 117 cm³/mol. The maximum Gasteiger partial charge on any atom is 0.274 e. The van der Waals surface area contributed by atoms with Crippen LogP contribution in [0.1, 0.15) is 5.56 Å². The van der Waals surface area contributed by atoms with Crippen LogP contribution in [-0.2, 0) is 16.6 Å². The number of imidazole rings is 1. The second-order valence-electron chi connectivity index (χ2n) is 7.00. The minimum atomic E-state index is -4.01. The van der Waals surface area contributed by atoms with Crippen molar-refractivity contribution in [2.75, 3.05) is 5.32 Å². The predicted octanol–water partition coefficient (Wildman–Crippen LogP) is 3.51. The number of rotatable bonds is 7. The molecule has 0 unspecified atom stereocenters. The van der Waals surface area contributed by atoms with Gasteiger partial charge in [-0.3, -0.25) is 0 Å². The van der Waals surface area contributed by atoms with E-state index in [0.717, 1.165) is 12.1 Å². The van der Waals surface area contributed by atoms with E-state index in [2.05, 4.69) is 35.0 Å². The Morgan fingerprint density at radius 3 is 2.74 bits per heavy atom. The maximum absolute atomic E-state index is 15.2. The van der Waals surface area contributed by atoms with Crippen LogP contribution in [0.15, 0.2) is 71.0 Å². The van der Waals surface area contributed by atoms with E-state index in [1.165, 1.54) is 37.2 Å². The minimum Gasteiger partial charge on any atom is -0.452 e. The van der Waals surface area contributed by atoms with Crippen LogP contribution in [0.2, 0.25) is 0 Å². The Morgan fingerprint density at radius 2 is 1.91 bits per heavy atom. The first kappa shape index (κ1) is 21.6. The van der Waals surface area contributed by atoms with Gasteiger partial charge in [-0.25, -0.2) is 41.9 Å². The molecule has 10 nitrogen and oxygen atoms in total. The van der Waals surface area contributed by atoms with Gasteiger partial charge in [-0.1, -0.05) is 6.07 Å². The summed E-state index contributed by atoms with van der Waals surface area (Å²) < 4.78 is 61.5. The van der Waals surface area contributed by atoms with Crippen molar-refractivity contribution in [2.45, 2.75) is 11.6 Å². The van der Waals surface area contributed by atoms with E-state index >= 15 is 4.39 Å². The van der Waals surface area contributed by atoms with Gasteiger partial charge in [-0.05, 0) is 30.3 Å². The molecule has 0 atom stereocenters. The molecule has 0 aliphatic carbocycles. The first-order chi connectivity index (χ1) is 16.4. The molecule has 0 aliphatic heterocycles. The van der Waals surface area contributed by atoms with Crippen LogP contribution in [0.5, 0.6) is 0 Å². The lowest BCUT2D eigenvalue weighted by atomic mass is 10.1. The van der Waals surface area contributed by atoms with Gasteiger partial charge in [-0.2, -0.15) is 0 Å². The highest BCUT2D eigenvalue weighted by Crippen LogP contribution is 2.32. The third-order valence-corrected chi connectivity index (χ3v) is 6.20. The highest BCUT2D eigenvalue weighted by molar-refractivity contribution is 7.89. The van der Waals surface area contributed by atoms with Gasteiger partial charge in [0.1, 0.15) is 34.9 Å². The van der Waals surface area contributed by atoms with Gasteiger partial charge >= 0.3 is 0 Å². The highest BCUT2D eigenvalue weighted by Gasteiger charge is 2.21. The molecule has 5 rings (SSSR count). The van der Waals surface area contributed by atoms with Crippen LogP contribution >= 0.6 is 0 Å². The van der Waals surface area contributed by atoms with E-state index in [-0.39, 0.29) is 16.5 Å². The molecule has 0 aliphatic rings. The molecule has 0 spiro atoms. The van der Waals surface area contributed by atoms with Crippen molar-refractivity contribution >= 4 is 32.7 Å². The number of anilines is 2. The summed E-state index contributed by atoms with van der Waals surface area (Å²) in [5.41, 5.74) is 1.24. The molecule has 0 fully saturated rings. The van der Waals surface area contributed by atoms with Crippen LogP contribution in [-0.4, -0.2) is 33.3 Å². The topological polar surface area (TPSA) is 139 Å². The highest BCUT2D eigenvalue weighted by atomic mass is 32.2. The quantitative estimate of drug-likeness (QED) is 0.320. The number of furan rings is 1. The normalized spacial score (nSPS) is 11.7. The third kappa shape index (κ3) is 3.97. The molecule has 4 heterocycles. The minimum absolute atomic E-state index is 0.0884. The van der Waals surface area contributed by atoms with E-state index in [4.69, 9.17) is 4.42 Å². The van der Waals surface area contributed by atoms with Crippen LogP contribution in [0.4, 0.5) is 20.3 Å². The van der Waals surface area contributed by atoms with Crippen LogP contribution in [0, 0.1) is 11.6 Å². The van der Waals surface area contributed by atoms with Crippen molar-refractivity contribution in [3.63, 3.8) is 0 Å². The van der Waals surface area contributed by atoms with Crippen molar-refractivity contribution in [3.8, 4) is 11.3 Å². The molecule has 4 aromatic heterocycles. The standard InChI is InChI=1S/C21H15F2N7O3S/c22-14-6-5-12(9-29-34(31,32)15-4-2-8-33-15)16(23)18(14)30-20-13(3-1-7-24-20)17-19-21(27-10-25-17)28-11-26-19/h1-8,10-11,29H,9H2,(H,24,30)(H,25,26,27,28). The molecular formula is C21H15F2N7O3S. The summed E-state index contributed by atoms with van der Waals surface area (Å²) in [7, 11) is -4.01. The molecule has 0 amide bonds. The molecule has 1 aromatic carbocycles. The van der Waals surface area contributed by atoms with Crippen LogP contribution in [0.3, 0.4) is 0 Å². The Labute approximate surface area is 191 Å². The Kier molecular flexibility index (Phi) is 5.47. The number of hydrogen-bond acceptors (Lipinski definition) is 8. The summed E-state index contributed by atoms with van der Waals surface area (Å²) in [6, 6.07) is 8.17. The monoisotopic (exact) mass is 483 g/mol. The Morgan fingerprint density at radius 1 is 1.03 bits per heavy atom. The summed E-state index contributed by atoms with van der Waals surface area (Å²) in [4.78, 5) is 19.6. The number of hydrogen-bond donors (Lipinski definition) is 3. The lowest BCUT2D eigenvalue weighted by molar-refractivity contribution is 0.445. The first-order valence-electron chi connectivity index (χ1n) is 9.80. The molecule has 3 N–H and O–H groups in total. The Bertz CT molecular complexity index is 1590. The fraction of sp³-hybridized carbons (Fsp3) is 0.0476. The number of nitrogens with zero attached hydrogens (tertiary/aromatic N) is 4. The molecular weight excluding hydrogens is 468 g/mol. The summed E-state index contributed by atoms with van der Waals surface area (Å²) in [6.07, 6.45) is 5.43. The molecule has 5 aromatic rings. The molecule has 172 valence electrons. The zero-order valence-corrected chi connectivity index (χ0v) is 18.0. The molecule has 0 bridgehead atoms. The zero-order valence-electron chi connectivity index (χ0n) is 17.2. The van der Waals surface area contributed by atoms with Gasteiger partial charge in [0.15, 0.2) is 11.5 Å². The number of halogens is 2. The van der Waals surface area contributed by atoms with Crippen molar-refractivity contribution in [1.82, 2.24) is 29.6 Å². The fourth-order valence-electron chi connectivity index (χ4n) is 3.29. The van der Waals surface area contributed by atoms with Crippen molar-refractivity contribution in [2.24, 2.45) is 0 Å². The average Bonchev–Trinajstić information content (AvgIpc) is 3.54. The van der Waals surface area contributed by atoms with E-state index in [1.807, 2.05) is 0 Å². The number of aromatic amines is 1. The molecule has 0 radical (unpaired) electrons. The van der Waals surface area contributed by atoms with Gasteiger partial charge in [-0.15, -0.1) is 0 Å². The lowest BCUT2D eigenvalue weighted by Gasteiger charge is -2.14. The Balaban J connectivity index is 1.48. The molecule has 0 saturated heterocycles.